The maximum atomic E-state index is 3.89. The monoisotopic (exact) mass is 213 g/mol. The van der Waals surface area contributed by atoms with Gasteiger partial charge in [-0.05, 0) is 25.0 Å². The fourth-order valence-corrected chi connectivity index (χ4v) is 3.91. The SMILES string of the molecule is CC1SCCC1NC1CCCCCC1. The van der Waals surface area contributed by atoms with Gasteiger partial charge in [-0.15, -0.1) is 0 Å². The zero-order chi connectivity index (χ0) is 9.80. The van der Waals surface area contributed by atoms with E-state index < -0.39 is 0 Å². The summed E-state index contributed by atoms with van der Waals surface area (Å²) in [6, 6.07) is 1.65. The number of rotatable bonds is 2. The Kier molecular flexibility index (Phi) is 4.18. The van der Waals surface area contributed by atoms with Crippen LogP contribution in [0.25, 0.3) is 0 Å². The van der Waals surface area contributed by atoms with Crippen LogP contribution < -0.4 is 5.32 Å². The largest absolute Gasteiger partial charge is 0.310 e. The zero-order valence-electron chi connectivity index (χ0n) is 9.30. The van der Waals surface area contributed by atoms with Crippen LogP contribution in [0.5, 0.6) is 0 Å². The van der Waals surface area contributed by atoms with Crippen LogP contribution in [0.15, 0.2) is 0 Å². The van der Waals surface area contributed by atoms with Crippen LogP contribution in [0.1, 0.15) is 51.9 Å². The first-order chi connectivity index (χ1) is 6.86. The van der Waals surface area contributed by atoms with Crippen LogP contribution in [0, 0.1) is 0 Å². The number of hydrogen-bond acceptors (Lipinski definition) is 2. The van der Waals surface area contributed by atoms with Crippen LogP contribution in [-0.2, 0) is 0 Å². The average Bonchev–Trinajstić information content (AvgIpc) is 2.44. The van der Waals surface area contributed by atoms with Crippen molar-refractivity contribution in [1.82, 2.24) is 5.32 Å². The standard InChI is InChI=1S/C12H23NS/c1-10-12(8-9-14-10)13-11-6-4-2-3-5-7-11/h10-13H,2-9H2,1H3. The van der Waals surface area contributed by atoms with Crippen LogP contribution >= 0.6 is 11.8 Å². The van der Waals surface area contributed by atoms with Gasteiger partial charge in [-0.1, -0.05) is 32.6 Å². The Hall–Kier alpha value is 0.310. The predicted octanol–water partition coefficient (Wildman–Crippen LogP) is 3.19. The van der Waals surface area contributed by atoms with Gasteiger partial charge in [0.1, 0.15) is 0 Å². The number of hydrogen-bond donors (Lipinski definition) is 1. The fraction of sp³-hybridized carbons (Fsp3) is 1.00. The van der Waals surface area contributed by atoms with Gasteiger partial charge in [0, 0.05) is 17.3 Å². The molecule has 0 aromatic rings. The topological polar surface area (TPSA) is 12.0 Å². The molecule has 1 saturated heterocycles. The van der Waals surface area contributed by atoms with E-state index in [-0.39, 0.29) is 0 Å². The molecule has 0 aromatic heterocycles. The molecule has 1 aliphatic carbocycles. The van der Waals surface area contributed by atoms with E-state index in [9.17, 15) is 0 Å². The van der Waals surface area contributed by atoms with Gasteiger partial charge in [-0.25, -0.2) is 0 Å². The molecule has 0 radical (unpaired) electrons. The van der Waals surface area contributed by atoms with E-state index >= 15 is 0 Å². The molecule has 1 saturated carbocycles. The smallest absolute Gasteiger partial charge is 0.0194 e. The molecule has 82 valence electrons. The van der Waals surface area contributed by atoms with Gasteiger partial charge in [-0.3, -0.25) is 0 Å². The normalized spacial score (nSPS) is 35.8. The molecule has 2 fully saturated rings. The highest BCUT2D eigenvalue weighted by atomic mass is 32.2. The number of thioether (sulfide) groups is 1. The second kappa shape index (κ2) is 5.41. The second-order valence-electron chi connectivity index (χ2n) is 4.83. The van der Waals surface area contributed by atoms with Crippen molar-refractivity contribution >= 4 is 11.8 Å². The van der Waals surface area contributed by atoms with Crippen molar-refractivity contribution in [1.29, 1.82) is 0 Å². The average molecular weight is 213 g/mol. The van der Waals surface area contributed by atoms with Gasteiger partial charge in [0.25, 0.3) is 0 Å². The summed E-state index contributed by atoms with van der Waals surface area (Å²) in [5.41, 5.74) is 0. The molecule has 1 N–H and O–H groups in total. The van der Waals surface area contributed by atoms with Crippen molar-refractivity contribution in [3.63, 3.8) is 0 Å². The molecule has 2 rings (SSSR count). The van der Waals surface area contributed by atoms with E-state index in [1.807, 2.05) is 0 Å². The molecule has 0 amide bonds. The van der Waals surface area contributed by atoms with Crippen molar-refractivity contribution in [2.45, 2.75) is 69.2 Å². The second-order valence-corrected chi connectivity index (χ2v) is 6.31. The Bertz CT molecular complexity index is 164. The summed E-state index contributed by atoms with van der Waals surface area (Å²) >= 11 is 2.14. The Morgan fingerprint density at radius 1 is 1.00 bits per heavy atom. The first-order valence-electron chi connectivity index (χ1n) is 6.24. The van der Waals surface area contributed by atoms with E-state index in [0.717, 1.165) is 17.3 Å². The molecule has 1 nitrogen and oxygen atoms in total. The molecule has 0 spiro atoms. The molecule has 2 aliphatic rings. The van der Waals surface area contributed by atoms with E-state index in [1.165, 1.54) is 50.7 Å². The molecule has 2 unspecified atom stereocenters. The van der Waals surface area contributed by atoms with E-state index in [0.29, 0.717) is 0 Å². The van der Waals surface area contributed by atoms with E-state index in [4.69, 9.17) is 0 Å². The summed E-state index contributed by atoms with van der Waals surface area (Å²) in [4.78, 5) is 0. The lowest BCUT2D eigenvalue weighted by Crippen LogP contribution is -2.40. The van der Waals surface area contributed by atoms with E-state index in [1.54, 1.807) is 0 Å². The third-order valence-corrected chi connectivity index (χ3v) is 5.01. The van der Waals surface area contributed by atoms with Gasteiger partial charge in [0.05, 0.1) is 0 Å². The predicted molar refractivity (Wildman–Crippen MR) is 65.0 cm³/mol. The summed E-state index contributed by atoms with van der Waals surface area (Å²) in [6.45, 7) is 2.38. The van der Waals surface area contributed by atoms with Crippen LogP contribution in [-0.4, -0.2) is 23.1 Å². The molecule has 0 bridgehead atoms. The van der Waals surface area contributed by atoms with Crippen LogP contribution in [0.4, 0.5) is 0 Å². The molecule has 1 heterocycles. The van der Waals surface area contributed by atoms with Crippen molar-refractivity contribution < 1.29 is 0 Å². The summed E-state index contributed by atoms with van der Waals surface area (Å²) in [6.07, 6.45) is 10.1. The summed E-state index contributed by atoms with van der Waals surface area (Å²) in [5.74, 6) is 1.37. The summed E-state index contributed by atoms with van der Waals surface area (Å²) in [7, 11) is 0. The van der Waals surface area contributed by atoms with Gasteiger partial charge >= 0.3 is 0 Å². The Morgan fingerprint density at radius 2 is 1.71 bits per heavy atom. The number of nitrogens with one attached hydrogen (secondary N) is 1. The summed E-state index contributed by atoms with van der Waals surface area (Å²) < 4.78 is 0. The minimum absolute atomic E-state index is 0.808. The molecule has 0 aromatic carbocycles. The van der Waals surface area contributed by atoms with Crippen LogP contribution in [0.2, 0.25) is 0 Å². The minimum Gasteiger partial charge on any atom is -0.310 e. The first kappa shape index (κ1) is 10.8. The van der Waals surface area contributed by atoms with Crippen LogP contribution in [0.3, 0.4) is 0 Å². The lowest BCUT2D eigenvalue weighted by Gasteiger charge is -2.24. The van der Waals surface area contributed by atoms with Crippen molar-refractivity contribution in [2.24, 2.45) is 0 Å². The van der Waals surface area contributed by atoms with Crippen molar-refractivity contribution in [3.8, 4) is 0 Å². The highest BCUT2D eigenvalue weighted by molar-refractivity contribution is 8.00. The highest BCUT2D eigenvalue weighted by Gasteiger charge is 2.26. The molecular weight excluding hydrogens is 190 g/mol. The third-order valence-electron chi connectivity index (χ3n) is 3.68. The van der Waals surface area contributed by atoms with Gasteiger partial charge in [0.2, 0.25) is 0 Å². The molecular formula is C12H23NS. The minimum atomic E-state index is 0.808. The molecule has 2 heteroatoms. The third kappa shape index (κ3) is 2.90. The Balaban J connectivity index is 1.77. The van der Waals surface area contributed by atoms with Gasteiger partial charge < -0.3 is 5.32 Å². The van der Waals surface area contributed by atoms with E-state index in [2.05, 4.69) is 24.0 Å². The maximum absolute atomic E-state index is 3.89. The van der Waals surface area contributed by atoms with Gasteiger partial charge in [-0.2, -0.15) is 11.8 Å². The van der Waals surface area contributed by atoms with Gasteiger partial charge in [0.15, 0.2) is 0 Å². The molecule has 2 atom stereocenters. The lowest BCUT2D eigenvalue weighted by atomic mass is 10.1. The lowest BCUT2D eigenvalue weighted by molar-refractivity contribution is 0.392. The Morgan fingerprint density at radius 3 is 2.29 bits per heavy atom. The van der Waals surface area contributed by atoms with Crippen molar-refractivity contribution in [2.75, 3.05) is 5.75 Å². The quantitative estimate of drug-likeness (QED) is 0.707. The maximum Gasteiger partial charge on any atom is 0.0194 e. The highest BCUT2D eigenvalue weighted by Crippen LogP contribution is 2.28. The summed E-state index contributed by atoms with van der Waals surface area (Å²) in [5, 5.41) is 4.73. The molecule has 1 aliphatic heterocycles. The zero-order valence-corrected chi connectivity index (χ0v) is 10.1. The van der Waals surface area contributed by atoms with Crippen molar-refractivity contribution in [3.05, 3.63) is 0 Å². The fourth-order valence-electron chi connectivity index (χ4n) is 2.70. The Labute approximate surface area is 92.4 Å². The molecule has 14 heavy (non-hydrogen) atoms. The first-order valence-corrected chi connectivity index (χ1v) is 7.29.